The zero-order chi connectivity index (χ0) is 7.49. The number of hydrogen-bond donors (Lipinski definition) is 1. The van der Waals surface area contributed by atoms with Gasteiger partial charge in [0.2, 0.25) is 0 Å². The average Bonchev–Trinajstić information content (AvgIpc) is 1.64. The van der Waals surface area contributed by atoms with Crippen LogP contribution in [0.1, 0.15) is 40.5 Å². The summed E-state index contributed by atoms with van der Waals surface area (Å²) in [6.45, 7) is 8.28. The van der Waals surface area contributed by atoms with E-state index in [1.165, 1.54) is 0 Å². The van der Waals surface area contributed by atoms with Gasteiger partial charge in [-0.05, 0) is 11.8 Å². The molecule has 0 amide bonds. The topological polar surface area (TPSA) is 20.2 Å². The van der Waals surface area contributed by atoms with Crippen molar-refractivity contribution in [3.05, 3.63) is 0 Å². The smallest absolute Gasteiger partial charge is 0.0588 e. The summed E-state index contributed by atoms with van der Waals surface area (Å²) in [5.74, 6) is 0. The summed E-state index contributed by atoms with van der Waals surface area (Å²) in [5, 5.41) is 9.39. The molecule has 0 spiro atoms. The molecule has 0 aliphatic rings. The summed E-state index contributed by atoms with van der Waals surface area (Å²) in [7, 11) is 0. The van der Waals surface area contributed by atoms with Crippen LogP contribution in [0.25, 0.3) is 0 Å². The van der Waals surface area contributed by atoms with Crippen molar-refractivity contribution < 1.29 is 5.11 Å². The summed E-state index contributed by atoms with van der Waals surface area (Å²) >= 11 is 0. The van der Waals surface area contributed by atoms with Gasteiger partial charge < -0.3 is 5.11 Å². The Kier molecular flexibility index (Phi) is 3.20. The molecule has 0 aromatic heterocycles. The minimum Gasteiger partial charge on any atom is -0.393 e. The molecule has 0 unspecified atom stereocenters. The van der Waals surface area contributed by atoms with Crippen molar-refractivity contribution in [2.75, 3.05) is 0 Å². The quantitative estimate of drug-likeness (QED) is 0.607. The molecule has 0 aliphatic heterocycles. The number of rotatable bonds is 2. The van der Waals surface area contributed by atoms with Gasteiger partial charge >= 0.3 is 0 Å². The molecule has 0 fully saturated rings. The minimum atomic E-state index is -0.137. The van der Waals surface area contributed by atoms with E-state index in [4.69, 9.17) is 0 Å². The first-order valence-corrected chi connectivity index (χ1v) is 3.66. The first-order valence-electron chi connectivity index (χ1n) is 3.66. The van der Waals surface area contributed by atoms with E-state index in [0.29, 0.717) is 0 Å². The summed E-state index contributed by atoms with van der Waals surface area (Å²) in [5.41, 5.74) is 0.0655. The molecule has 1 atom stereocenters. The molecule has 0 saturated carbocycles. The molecule has 1 nitrogen and oxygen atoms in total. The lowest BCUT2D eigenvalue weighted by molar-refractivity contribution is 0.0551. The average molecular weight is 130 g/mol. The van der Waals surface area contributed by atoms with Gasteiger partial charge in [-0.25, -0.2) is 0 Å². The molecule has 9 heavy (non-hydrogen) atoms. The maximum atomic E-state index is 9.39. The fourth-order valence-corrected chi connectivity index (χ4v) is 0.706. The molecule has 0 saturated heterocycles. The molecular formula is C8H18O. The lowest BCUT2D eigenvalue weighted by Gasteiger charge is -2.25. The maximum Gasteiger partial charge on any atom is 0.0588 e. The Morgan fingerprint density at radius 1 is 1.33 bits per heavy atom. The van der Waals surface area contributed by atoms with Crippen LogP contribution < -0.4 is 0 Å². The summed E-state index contributed by atoms with van der Waals surface area (Å²) in [6, 6.07) is 0. The van der Waals surface area contributed by atoms with Crippen LogP contribution >= 0.6 is 0 Å². The lowest BCUT2D eigenvalue weighted by Crippen LogP contribution is -2.25. The van der Waals surface area contributed by atoms with Crippen LogP contribution in [0.15, 0.2) is 0 Å². The molecule has 0 radical (unpaired) electrons. The zero-order valence-electron chi connectivity index (χ0n) is 6.94. The van der Waals surface area contributed by atoms with Crippen LogP contribution in [-0.4, -0.2) is 11.2 Å². The van der Waals surface area contributed by atoms with Crippen molar-refractivity contribution in [1.82, 2.24) is 0 Å². The predicted molar refractivity (Wildman–Crippen MR) is 40.4 cm³/mol. The molecule has 1 N–H and O–H groups in total. The largest absolute Gasteiger partial charge is 0.393 e. The van der Waals surface area contributed by atoms with Crippen molar-refractivity contribution in [2.24, 2.45) is 5.41 Å². The van der Waals surface area contributed by atoms with Gasteiger partial charge in [0.25, 0.3) is 0 Å². The Hall–Kier alpha value is -0.0400. The highest BCUT2D eigenvalue weighted by Crippen LogP contribution is 2.21. The van der Waals surface area contributed by atoms with Gasteiger partial charge in [0.1, 0.15) is 0 Å². The van der Waals surface area contributed by atoms with E-state index in [1.807, 2.05) is 0 Å². The van der Waals surface area contributed by atoms with Crippen LogP contribution in [-0.2, 0) is 0 Å². The maximum absolute atomic E-state index is 9.39. The van der Waals surface area contributed by atoms with Crippen molar-refractivity contribution in [3.8, 4) is 0 Å². The van der Waals surface area contributed by atoms with E-state index in [1.54, 1.807) is 0 Å². The third kappa shape index (κ3) is 3.52. The normalized spacial score (nSPS) is 15.7. The van der Waals surface area contributed by atoms with E-state index in [2.05, 4.69) is 27.7 Å². The van der Waals surface area contributed by atoms with Crippen molar-refractivity contribution in [2.45, 2.75) is 46.6 Å². The van der Waals surface area contributed by atoms with Gasteiger partial charge in [-0.1, -0.05) is 34.1 Å². The van der Waals surface area contributed by atoms with Gasteiger partial charge in [0.15, 0.2) is 0 Å². The lowest BCUT2D eigenvalue weighted by atomic mass is 9.87. The van der Waals surface area contributed by atoms with Gasteiger partial charge in [-0.3, -0.25) is 0 Å². The first-order chi connectivity index (χ1) is 3.98. The molecule has 0 aliphatic carbocycles. The standard InChI is InChI=1S/C8H18O/c1-5-6-7(9)8(2,3)4/h7,9H,5-6H2,1-4H3/t7-/m0/s1. The number of hydrogen-bond acceptors (Lipinski definition) is 1. The highest BCUT2D eigenvalue weighted by Gasteiger charge is 2.20. The van der Waals surface area contributed by atoms with Crippen molar-refractivity contribution >= 4 is 0 Å². The Morgan fingerprint density at radius 3 is 1.89 bits per heavy atom. The van der Waals surface area contributed by atoms with E-state index in [0.717, 1.165) is 12.8 Å². The molecule has 1 heteroatoms. The van der Waals surface area contributed by atoms with E-state index in [9.17, 15) is 5.11 Å². The molecular weight excluding hydrogens is 112 g/mol. The van der Waals surface area contributed by atoms with E-state index < -0.39 is 0 Å². The van der Waals surface area contributed by atoms with Crippen LogP contribution in [0, 0.1) is 5.41 Å². The van der Waals surface area contributed by atoms with E-state index in [-0.39, 0.29) is 11.5 Å². The summed E-state index contributed by atoms with van der Waals surface area (Å²) in [4.78, 5) is 0. The van der Waals surface area contributed by atoms with Gasteiger partial charge in [-0.15, -0.1) is 0 Å². The third-order valence-corrected chi connectivity index (χ3v) is 1.56. The SMILES string of the molecule is CCC[C@H](O)C(C)(C)C. The highest BCUT2D eigenvalue weighted by atomic mass is 16.3. The Bertz CT molecular complexity index is 71.1. The van der Waals surface area contributed by atoms with Crippen LogP contribution in [0.2, 0.25) is 0 Å². The molecule has 0 bridgehead atoms. The van der Waals surface area contributed by atoms with Crippen LogP contribution in [0.4, 0.5) is 0 Å². The predicted octanol–water partition coefficient (Wildman–Crippen LogP) is 2.19. The molecule has 0 aromatic rings. The van der Waals surface area contributed by atoms with Crippen molar-refractivity contribution in [3.63, 3.8) is 0 Å². The summed E-state index contributed by atoms with van der Waals surface area (Å²) in [6.07, 6.45) is 1.85. The fraction of sp³-hybridized carbons (Fsp3) is 1.00. The zero-order valence-corrected chi connectivity index (χ0v) is 6.94. The highest BCUT2D eigenvalue weighted by molar-refractivity contribution is 4.71. The van der Waals surface area contributed by atoms with Crippen LogP contribution in [0.3, 0.4) is 0 Å². The van der Waals surface area contributed by atoms with Gasteiger partial charge in [-0.2, -0.15) is 0 Å². The van der Waals surface area contributed by atoms with Crippen molar-refractivity contribution in [1.29, 1.82) is 0 Å². The Morgan fingerprint density at radius 2 is 1.78 bits per heavy atom. The molecule has 56 valence electrons. The first kappa shape index (κ1) is 8.96. The second-order valence-corrected chi connectivity index (χ2v) is 3.67. The van der Waals surface area contributed by atoms with Gasteiger partial charge in [0.05, 0.1) is 6.10 Å². The minimum absolute atomic E-state index is 0.0655. The monoisotopic (exact) mass is 130 g/mol. The molecule has 0 aromatic carbocycles. The second-order valence-electron chi connectivity index (χ2n) is 3.67. The van der Waals surface area contributed by atoms with Crippen LogP contribution in [0.5, 0.6) is 0 Å². The third-order valence-electron chi connectivity index (χ3n) is 1.56. The molecule has 0 rings (SSSR count). The second kappa shape index (κ2) is 3.21. The number of aliphatic hydroxyl groups excluding tert-OH is 1. The number of aliphatic hydroxyl groups is 1. The Balaban J connectivity index is 3.59. The summed E-state index contributed by atoms with van der Waals surface area (Å²) < 4.78 is 0. The van der Waals surface area contributed by atoms with Gasteiger partial charge in [0, 0.05) is 0 Å². The Labute approximate surface area is 58.1 Å². The fourth-order valence-electron chi connectivity index (χ4n) is 0.706. The van der Waals surface area contributed by atoms with E-state index >= 15 is 0 Å². The molecule has 0 heterocycles.